The number of nitrogens with zero attached hydrogens (tertiary/aromatic N) is 2. The first-order chi connectivity index (χ1) is 14.2. The number of rotatable bonds is 5. The van der Waals surface area contributed by atoms with Gasteiger partial charge in [-0.15, -0.1) is 23.1 Å². The second-order valence-electron chi connectivity index (χ2n) is 6.49. The molecule has 1 aliphatic rings. The van der Waals surface area contributed by atoms with E-state index in [1.807, 2.05) is 54.7 Å². The van der Waals surface area contributed by atoms with Crippen molar-refractivity contribution >= 4 is 67.8 Å². The Morgan fingerprint density at radius 1 is 1.24 bits per heavy atom. The Kier molecular flexibility index (Phi) is 4.94. The van der Waals surface area contributed by atoms with Crippen LogP contribution in [0.15, 0.2) is 59.1 Å². The number of aromatic amines is 1. The molecule has 0 bridgehead atoms. The van der Waals surface area contributed by atoms with Gasteiger partial charge in [-0.3, -0.25) is 15.0 Å². The summed E-state index contributed by atoms with van der Waals surface area (Å²) in [5, 5.41) is 2.28. The van der Waals surface area contributed by atoms with Gasteiger partial charge in [0.25, 0.3) is 5.91 Å². The molecule has 29 heavy (non-hydrogen) atoms. The minimum Gasteiger partial charge on any atom is -0.361 e. The number of thioether (sulfide) groups is 2. The minimum atomic E-state index is -0.241. The van der Waals surface area contributed by atoms with E-state index in [9.17, 15) is 9.59 Å². The third-order valence-electron chi connectivity index (χ3n) is 4.60. The number of hydrogen-bond acceptors (Lipinski definition) is 6. The third kappa shape index (κ3) is 3.61. The van der Waals surface area contributed by atoms with E-state index in [2.05, 4.69) is 15.4 Å². The van der Waals surface area contributed by atoms with Crippen molar-refractivity contribution in [3.8, 4) is 0 Å². The zero-order valence-corrected chi connectivity index (χ0v) is 17.6. The molecule has 0 spiro atoms. The largest absolute Gasteiger partial charge is 0.361 e. The Morgan fingerprint density at radius 3 is 2.97 bits per heavy atom. The molecule has 1 atom stereocenters. The Morgan fingerprint density at radius 2 is 2.07 bits per heavy atom. The molecule has 9 heteroatoms. The van der Waals surface area contributed by atoms with Gasteiger partial charge in [0.15, 0.2) is 4.34 Å². The maximum atomic E-state index is 12.5. The number of aromatic nitrogens is 2. The summed E-state index contributed by atoms with van der Waals surface area (Å²) < 4.78 is 1.94. The molecule has 2 aromatic carbocycles. The topological polar surface area (TPSA) is 78.1 Å². The van der Waals surface area contributed by atoms with Crippen molar-refractivity contribution in [2.45, 2.75) is 9.71 Å². The summed E-state index contributed by atoms with van der Waals surface area (Å²) in [6.07, 6.45) is 1.91. The first kappa shape index (κ1) is 18.5. The number of fused-ring (bicyclic) bond motifs is 2. The average Bonchev–Trinajstić information content (AvgIpc) is 3.43. The Labute approximate surface area is 179 Å². The van der Waals surface area contributed by atoms with Crippen LogP contribution in [0.5, 0.6) is 0 Å². The molecule has 0 radical (unpaired) electrons. The molecule has 5 rings (SSSR count). The lowest BCUT2D eigenvalue weighted by atomic mass is 10.1. The van der Waals surface area contributed by atoms with Crippen LogP contribution in [0.2, 0.25) is 0 Å². The number of hydrazine groups is 1. The summed E-state index contributed by atoms with van der Waals surface area (Å²) in [5.41, 5.74) is 5.75. The zero-order valence-electron chi connectivity index (χ0n) is 15.1. The molecule has 4 aromatic rings. The summed E-state index contributed by atoms with van der Waals surface area (Å²) in [7, 11) is 0. The zero-order chi connectivity index (χ0) is 19.8. The van der Waals surface area contributed by atoms with E-state index < -0.39 is 0 Å². The van der Waals surface area contributed by atoms with Gasteiger partial charge in [-0.1, -0.05) is 42.1 Å². The summed E-state index contributed by atoms with van der Waals surface area (Å²) in [6.45, 7) is 0. The molecule has 2 aromatic heterocycles. The van der Waals surface area contributed by atoms with Crippen molar-refractivity contribution in [1.29, 1.82) is 0 Å². The Balaban J connectivity index is 1.29. The van der Waals surface area contributed by atoms with E-state index in [1.165, 1.54) is 28.5 Å². The lowest BCUT2D eigenvalue weighted by Crippen LogP contribution is -2.45. The van der Waals surface area contributed by atoms with E-state index in [0.717, 1.165) is 31.0 Å². The highest BCUT2D eigenvalue weighted by molar-refractivity contribution is 8.01. The number of nitrogens with one attached hydrogen (secondary N) is 2. The lowest BCUT2D eigenvalue weighted by molar-refractivity contribution is -0.138. The van der Waals surface area contributed by atoms with Crippen LogP contribution < -0.4 is 5.43 Å². The second kappa shape index (κ2) is 7.74. The summed E-state index contributed by atoms with van der Waals surface area (Å²) in [6, 6.07) is 15.9. The van der Waals surface area contributed by atoms with Gasteiger partial charge in [0.1, 0.15) is 5.37 Å². The van der Waals surface area contributed by atoms with E-state index in [1.54, 1.807) is 11.3 Å². The minimum absolute atomic E-state index is 0.0939. The number of carbonyl (C=O) groups excluding carboxylic acids is 2. The highest BCUT2D eigenvalue weighted by atomic mass is 32.2. The molecule has 1 fully saturated rings. The highest BCUT2D eigenvalue weighted by Crippen LogP contribution is 2.40. The monoisotopic (exact) mass is 440 g/mol. The van der Waals surface area contributed by atoms with E-state index in [-0.39, 0.29) is 22.9 Å². The fraction of sp³-hybridized carbons (Fsp3) is 0.150. The highest BCUT2D eigenvalue weighted by Gasteiger charge is 2.35. The smallest absolute Gasteiger partial charge is 0.252 e. The van der Waals surface area contributed by atoms with Crippen molar-refractivity contribution in [3.05, 3.63) is 60.3 Å². The first-order valence-corrected chi connectivity index (χ1v) is 11.8. The van der Waals surface area contributed by atoms with Gasteiger partial charge in [0, 0.05) is 22.7 Å². The Bertz CT molecular complexity index is 1190. The molecule has 2 amide bonds. The molecule has 1 aliphatic heterocycles. The van der Waals surface area contributed by atoms with Gasteiger partial charge in [-0.25, -0.2) is 9.99 Å². The van der Waals surface area contributed by atoms with Gasteiger partial charge in [-0.2, -0.15) is 0 Å². The van der Waals surface area contributed by atoms with Crippen LogP contribution in [0, 0.1) is 0 Å². The van der Waals surface area contributed by atoms with E-state index in [0.29, 0.717) is 5.75 Å². The number of para-hydroxylation sites is 2. The van der Waals surface area contributed by atoms with Crippen molar-refractivity contribution in [2.75, 3.05) is 11.5 Å². The van der Waals surface area contributed by atoms with Crippen LogP contribution >= 0.6 is 34.9 Å². The first-order valence-electron chi connectivity index (χ1n) is 8.96. The lowest BCUT2D eigenvalue weighted by Gasteiger charge is -2.24. The molecule has 3 heterocycles. The van der Waals surface area contributed by atoms with Crippen molar-refractivity contribution in [1.82, 2.24) is 20.4 Å². The molecule has 1 unspecified atom stereocenters. The van der Waals surface area contributed by atoms with Crippen LogP contribution in [0.3, 0.4) is 0 Å². The maximum Gasteiger partial charge on any atom is 0.252 e. The Hall–Kier alpha value is -2.49. The van der Waals surface area contributed by atoms with Gasteiger partial charge in [0.2, 0.25) is 5.91 Å². The summed E-state index contributed by atoms with van der Waals surface area (Å²) >= 11 is 4.47. The van der Waals surface area contributed by atoms with Crippen LogP contribution in [0.4, 0.5) is 0 Å². The van der Waals surface area contributed by atoms with Crippen LogP contribution in [0.1, 0.15) is 10.9 Å². The number of H-pyrrole nitrogens is 1. The third-order valence-corrected chi connectivity index (χ3v) is 7.97. The molecule has 0 saturated carbocycles. The van der Waals surface area contributed by atoms with Crippen molar-refractivity contribution < 1.29 is 9.59 Å². The van der Waals surface area contributed by atoms with Crippen LogP contribution in [-0.4, -0.2) is 38.3 Å². The van der Waals surface area contributed by atoms with E-state index >= 15 is 0 Å². The number of hydrogen-bond donors (Lipinski definition) is 2. The standard InChI is InChI=1S/C20H16N4O2S3/c25-17(10-28-20-22-15-7-3-4-8-16(15)29-20)23-24-18(26)11-27-19(24)13-9-21-14-6-2-1-5-12(13)14/h1-9,19,21H,10-11H2,(H,23,25). The predicted octanol–water partition coefficient (Wildman–Crippen LogP) is 4.18. The maximum absolute atomic E-state index is 12.5. The van der Waals surface area contributed by atoms with Gasteiger partial charge < -0.3 is 4.98 Å². The molecule has 2 N–H and O–H groups in total. The summed E-state index contributed by atoms with van der Waals surface area (Å²) in [4.78, 5) is 32.7. The number of amides is 2. The van der Waals surface area contributed by atoms with Crippen LogP contribution in [0.25, 0.3) is 21.1 Å². The molecule has 6 nitrogen and oxygen atoms in total. The predicted molar refractivity (Wildman–Crippen MR) is 119 cm³/mol. The quantitative estimate of drug-likeness (QED) is 0.455. The molecule has 146 valence electrons. The van der Waals surface area contributed by atoms with Gasteiger partial charge in [-0.05, 0) is 18.2 Å². The number of thiazole rings is 1. The molecular weight excluding hydrogens is 424 g/mol. The van der Waals surface area contributed by atoms with E-state index in [4.69, 9.17) is 0 Å². The molecular formula is C20H16N4O2S3. The molecule has 1 saturated heterocycles. The fourth-order valence-corrected chi connectivity index (χ4v) is 6.27. The fourth-order valence-electron chi connectivity index (χ4n) is 3.28. The second-order valence-corrected chi connectivity index (χ2v) is 9.81. The summed E-state index contributed by atoms with van der Waals surface area (Å²) in [5.74, 6) is 0.239. The van der Waals surface area contributed by atoms with Gasteiger partial charge >= 0.3 is 0 Å². The van der Waals surface area contributed by atoms with Crippen molar-refractivity contribution in [2.24, 2.45) is 0 Å². The molecule has 0 aliphatic carbocycles. The SMILES string of the molecule is O=C(CSc1nc2ccccc2s1)NN1C(=O)CSC1c1c[nH]c2ccccc12. The normalized spacial score (nSPS) is 16.8. The number of carbonyl (C=O) groups is 2. The van der Waals surface area contributed by atoms with Crippen LogP contribution in [-0.2, 0) is 9.59 Å². The van der Waals surface area contributed by atoms with Crippen molar-refractivity contribution in [3.63, 3.8) is 0 Å². The average molecular weight is 441 g/mol. The van der Waals surface area contributed by atoms with Gasteiger partial charge in [0.05, 0.1) is 21.7 Å². The number of benzene rings is 2.